The molecule has 1 heterocycles. The number of rotatable bonds is 5. The minimum atomic E-state index is 0.621. The van der Waals surface area contributed by atoms with Gasteiger partial charge in [-0.15, -0.1) is 0 Å². The fourth-order valence-corrected chi connectivity index (χ4v) is 1.51. The first kappa shape index (κ1) is 12.0. The van der Waals surface area contributed by atoms with Crippen molar-refractivity contribution in [2.75, 3.05) is 39.4 Å². The molecular weight excluding hydrogens is 176 g/mol. The van der Waals surface area contributed by atoms with Crippen LogP contribution in [0.2, 0.25) is 0 Å². The first-order valence-electron chi connectivity index (χ1n) is 5.73. The summed E-state index contributed by atoms with van der Waals surface area (Å²) >= 11 is 0. The van der Waals surface area contributed by atoms with Crippen LogP contribution in [-0.2, 0) is 4.74 Å². The Labute approximate surface area is 87.8 Å². The maximum atomic E-state index is 5.30. The Bertz CT molecular complexity index is 144. The maximum absolute atomic E-state index is 5.30. The Kier molecular flexibility index (Phi) is 5.45. The Morgan fingerprint density at radius 3 is 2.43 bits per heavy atom. The normalized spacial score (nSPS) is 21.4. The van der Waals surface area contributed by atoms with Gasteiger partial charge in [-0.05, 0) is 12.8 Å². The second-order valence-electron chi connectivity index (χ2n) is 4.44. The summed E-state index contributed by atoms with van der Waals surface area (Å²) in [5.41, 5.74) is 0. The smallest absolute Gasteiger partial charge is 0.0594 e. The molecule has 1 aliphatic heterocycles. The molecule has 1 fully saturated rings. The van der Waals surface area contributed by atoms with Crippen molar-refractivity contribution in [2.45, 2.75) is 26.8 Å². The average Bonchev–Trinajstić information content (AvgIpc) is 2.19. The monoisotopic (exact) mass is 200 g/mol. The van der Waals surface area contributed by atoms with E-state index >= 15 is 0 Å². The van der Waals surface area contributed by atoms with Crippen molar-refractivity contribution >= 4 is 0 Å². The molecule has 0 bridgehead atoms. The molecule has 0 aromatic heterocycles. The summed E-state index contributed by atoms with van der Waals surface area (Å²) in [6.45, 7) is 13.0. The molecule has 3 heteroatoms. The molecule has 3 nitrogen and oxygen atoms in total. The minimum absolute atomic E-state index is 0.621. The van der Waals surface area contributed by atoms with Crippen LogP contribution in [0.1, 0.15) is 20.8 Å². The van der Waals surface area contributed by atoms with Gasteiger partial charge in [0, 0.05) is 32.2 Å². The first-order valence-corrected chi connectivity index (χ1v) is 5.73. The minimum Gasteiger partial charge on any atom is -0.379 e. The van der Waals surface area contributed by atoms with Gasteiger partial charge < -0.3 is 10.1 Å². The highest BCUT2D eigenvalue weighted by molar-refractivity contribution is 4.67. The zero-order chi connectivity index (χ0) is 10.4. The molecule has 0 aromatic carbocycles. The average molecular weight is 200 g/mol. The molecule has 1 aliphatic rings. The van der Waals surface area contributed by atoms with Crippen molar-refractivity contribution in [1.29, 1.82) is 0 Å². The Morgan fingerprint density at radius 1 is 1.21 bits per heavy atom. The van der Waals surface area contributed by atoms with E-state index in [1.807, 2.05) is 0 Å². The number of morpholine rings is 1. The summed E-state index contributed by atoms with van der Waals surface area (Å²) in [4.78, 5) is 2.46. The zero-order valence-corrected chi connectivity index (χ0v) is 9.75. The van der Waals surface area contributed by atoms with E-state index in [-0.39, 0.29) is 0 Å². The van der Waals surface area contributed by atoms with Crippen LogP contribution in [0.25, 0.3) is 0 Å². The standard InChI is InChI=1S/C11H24N2O/c1-10(2)11(3)12-4-5-13-6-8-14-9-7-13/h10-12H,4-9H2,1-3H3. The lowest BCUT2D eigenvalue weighted by atomic mass is 10.1. The molecule has 0 aromatic rings. The fraction of sp³-hybridized carbons (Fsp3) is 1.00. The van der Waals surface area contributed by atoms with Crippen LogP contribution in [0, 0.1) is 5.92 Å². The number of nitrogens with zero attached hydrogens (tertiary/aromatic N) is 1. The summed E-state index contributed by atoms with van der Waals surface area (Å²) in [7, 11) is 0. The molecule has 0 radical (unpaired) electrons. The maximum Gasteiger partial charge on any atom is 0.0594 e. The van der Waals surface area contributed by atoms with Gasteiger partial charge in [0.15, 0.2) is 0 Å². The van der Waals surface area contributed by atoms with Crippen LogP contribution in [-0.4, -0.2) is 50.3 Å². The van der Waals surface area contributed by atoms with E-state index in [4.69, 9.17) is 4.74 Å². The van der Waals surface area contributed by atoms with Crippen molar-refractivity contribution in [1.82, 2.24) is 10.2 Å². The third-order valence-electron chi connectivity index (χ3n) is 3.00. The lowest BCUT2D eigenvalue weighted by Crippen LogP contribution is -2.42. The highest BCUT2D eigenvalue weighted by Crippen LogP contribution is 2.00. The van der Waals surface area contributed by atoms with Gasteiger partial charge in [-0.3, -0.25) is 4.90 Å². The molecule has 1 saturated heterocycles. The van der Waals surface area contributed by atoms with Gasteiger partial charge in [0.2, 0.25) is 0 Å². The lowest BCUT2D eigenvalue weighted by molar-refractivity contribution is 0.0380. The van der Waals surface area contributed by atoms with E-state index in [0.717, 1.165) is 45.3 Å². The lowest BCUT2D eigenvalue weighted by Gasteiger charge is -2.27. The molecule has 1 N–H and O–H groups in total. The van der Waals surface area contributed by atoms with Crippen molar-refractivity contribution in [2.24, 2.45) is 5.92 Å². The molecule has 0 saturated carbocycles. The van der Waals surface area contributed by atoms with Gasteiger partial charge in [-0.2, -0.15) is 0 Å². The van der Waals surface area contributed by atoms with E-state index in [0.29, 0.717) is 6.04 Å². The number of ether oxygens (including phenoxy) is 1. The molecule has 84 valence electrons. The second kappa shape index (κ2) is 6.38. The predicted octanol–water partition coefficient (Wildman–Crippen LogP) is 0.953. The van der Waals surface area contributed by atoms with Crippen LogP contribution in [0.5, 0.6) is 0 Å². The number of nitrogens with one attached hydrogen (secondary N) is 1. The molecule has 1 unspecified atom stereocenters. The summed E-state index contributed by atoms with van der Waals surface area (Å²) < 4.78 is 5.30. The second-order valence-corrected chi connectivity index (χ2v) is 4.44. The Balaban J connectivity index is 2.02. The first-order chi connectivity index (χ1) is 6.70. The van der Waals surface area contributed by atoms with E-state index < -0.39 is 0 Å². The number of hydrogen-bond donors (Lipinski definition) is 1. The third kappa shape index (κ3) is 4.40. The van der Waals surface area contributed by atoms with Gasteiger partial charge in [-0.1, -0.05) is 13.8 Å². The van der Waals surface area contributed by atoms with E-state index in [1.54, 1.807) is 0 Å². The summed E-state index contributed by atoms with van der Waals surface area (Å²) in [6.07, 6.45) is 0. The molecule has 1 rings (SSSR count). The van der Waals surface area contributed by atoms with Gasteiger partial charge in [0.1, 0.15) is 0 Å². The molecule has 1 atom stereocenters. The molecule has 14 heavy (non-hydrogen) atoms. The third-order valence-corrected chi connectivity index (χ3v) is 3.00. The van der Waals surface area contributed by atoms with Gasteiger partial charge in [0.25, 0.3) is 0 Å². The van der Waals surface area contributed by atoms with Gasteiger partial charge in [0.05, 0.1) is 13.2 Å². The zero-order valence-electron chi connectivity index (χ0n) is 9.75. The highest BCUT2D eigenvalue weighted by atomic mass is 16.5. The SMILES string of the molecule is CC(C)C(C)NCCN1CCOCC1. The van der Waals surface area contributed by atoms with E-state index in [9.17, 15) is 0 Å². The van der Waals surface area contributed by atoms with Crippen molar-refractivity contribution in [3.63, 3.8) is 0 Å². The van der Waals surface area contributed by atoms with Crippen molar-refractivity contribution in [3.05, 3.63) is 0 Å². The van der Waals surface area contributed by atoms with Crippen LogP contribution >= 0.6 is 0 Å². The largest absolute Gasteiger partial charge is 0.379 e. The van der Waals surface area contributed by atoms with Crippen LogP contribution < -0.4 is 5.32 Å². The topological polar surface area (TPSA) is 24.5 Å². The number of hydrogen-bond acceptors (Lipinski definition) is 3. The van der Waals surface area contributed by atoms with Gasteiger partial charge in [-0.25, -0.2) is 0 Å². The Hall–Kier alpha value is -0.120. The van der Waals surface area contributed by atoms with E-state index in [1.165, 1.54) is 0 Å². The van der Waals surface area contributed by atoms with Crippen LogP contribution in [0.3, 0.4) is 0 Å². The summed E-state index contributed by atoms with van der Waals surface area (Å²) in [5, 5.41) is 3.55. The van der Waals surface area contributed by atoms with Gasteiger partial charge >= 0.3 is 0 Å². The summed E-state index contributed by atoms with van der Waals surface area (Å²) in [6, 6.07) is 0.621. The van der Waals surface area contributed by atoms with Crippen molar-refractivity contribution < 1.29 is 4.74 Å². The fourth-order valence-electron chi connectivity index (χ4n) is 1.51. The van der Waals surface area contributed by atoms with Crippen LogP contribution in [0.15, 0.2) is 0 Å². The Morgan fingerprint density at radius 2 is 1.86 bits per heavy atom. The molecular formula is C11H24N2O. The predicted molar refractivity (Wildman–Crippen MR) is 59.6 cm³/mol. The molecule has 0 aliphatic carbocycles. The summed E-state index contributed by atoms with van der Waals surface area (Å²) in [5.74, 6) is 0.722. The molecule has 0 spiro atoms. The van der Waals surface area contributed by atoms with Crippen LogP contribution in [0.4, 0.5) is 0 Å². The highest BCUT2D eigenvalue weighted by Gasteiger charge is 2.10. The van der Waals surface area contributed by atoms with E-state index in [2.05, 4.69) is 31.0 Å². The molecule has 0 amide bonds. The van der Waals surface area contributed by atoms with Crippen molar-refractivity contribution in [3.8, 4) is 0 Å². The quantitative estimate of drug-likeness (QED) is 0.715.